The lowest BCUT2D eigenvalue weighted by Crippen LogP contribution is -2.41. The summed E-state index contributed by atoms with van der Waals surface area (Å²) in [7, 11) is 1.46. The molecule has 1 N–H and O–H groups in total. The van der Waals surface area contributed by atoms with Crippen molar-refractivity contribution in [2.45, 2.75) is 57.6 Å². The van der Waals surface area contributed by atoms with Crippen molar-refractivity contribution in [2.24, 2.45) is 0 Å². The first kappa shape index (κ1) is 19.9. The van der Waals surface area contributed by atoms with E-state index in [0.29, 0.717) is 5.75 Å². The zero-order valence-corrected chi connectivity index (χ0v) is 16.4. The molecule has 7 nitrogen and oxygen atoms in total. The number of hydrogen-bond acceptors (Lipinski definition) is 5. The predicted molar refractivity (Wildman–Crippen MR) is 105 cm³/mol. The lowest BCUT2D eigenvalue weighted by Gasteiger charge is -2.19. The summed E-state index contributed by atoms with van der Waals surface area (Å²) in [6.07, 6.45) is 7.32. The Hall–Kier alpha value is -2.83. The molecule has 1 fully saturated rings. The molecule has 1 aliphatic carbocycles. The molecule has 1 aromatic heterocycles. The average Bonchev–Trinajstić information content (AvgIpc) is 2.99. The minimum absolute atomic E-state index is 0.0421. The van der Waals surface area contributed by atoms with Gasteiger partial charge in [-0.25, -0.2) is 9.48 Å². The lowest BCUT2D eigenvalue weighted by atomic mass is 10.1. The van der Waals surface area contributed by atoms with Crippen molar-refractivity contribution in [3.05, 3.63) is 42.2 Å². The fourth-order valence-electron chi connectivity index (χ4n) is 3.37. The number of ether oxygens (including phenoxy) is 2. The van der Waals surface area contributed by atoms with Crippen LogP contribution in [0, 0.1) is 0 Å². The standard InChI is InChI=1S/C21H27N3O4/c1-15(20(25)22-16-10-6-3-4-7-11-16)28-21(26)19-18(27-2)14-24(23-19)17-12-8-5-9-13-17/h5,8-9,12-16H,3-4,6-7,10-11H2,1-2H3,(H,22,25)/t15-/m1/s1. The van der Waals surface area contributed by atoms with Gasteiger partial charge in [-0.3, -0.25) is 4.79 Å². The number of aromatic nitrogens is 2. The number of benzene rings is 1. The SMILES string of the molecule is COc1cn(-c2ccccc2)nc1C(=O)O[C@H](C)C(=O)NC1CCCCCC1. The van der Waals surface area contributed by atoms with Crippen LogP contribution in [0.25, 0.3) is 5.69 Å². The van der Waals surface area contributed by atoms with E-state index < -0.39 is 12.1 Å². The number of amides is 1. The molecule has 0 spiro atoms. The zero-order chi connectivity index (χ0) is 19.9. The van der Waals surface area contributed by atoms with E-state index in [0.717, 1.165) is 31.4 Å². The van der Waals surface area contributed by atoms with Crippen molar-refractivity contribution in [1.29, 1.82) is 0 Å². The first-order valence-corrected chi connectivity index (χ1v) is 9.79. The van der Waals surface area contributed by atoms with Crippen LogP contribution < -0.4 is 10.1 Å². The zero-order valence-electron chi connectivity index (χ0n) is 16.4. The van der Waals surface area contributed by atoms with Crippen LogP contribution in [0.3, 0.4) is 0 Å². The summed E-state index contributed by atoms with van der Waals surface area (Å²) in [5.41, 5.74) is 0.833. The van der Waals surface area contributed by atoms with Crippen molar-refractivity contribution in [3.8, 4) is 11.4 Å². The Kier molecular flexibility index (Phi) is 6.68. The van der Waals surface area contributed by atoms with Crippen LogP contribution in [0.5, 0.6) is 5.75 Å². The van der Waals surface area contributed by atoms with Crippen LogP contribution >= 0.6 is 0 Å². The molecule has 1 atom stereocenters. The summed E-state index contributed by atoms with van der Waals surface area (Å²) >= 11 is 0. The van der Waals surface area contributed by atoms with E-state index in [9.17, 15) is 9.59 Å². The van der Waals surface area contributed by atoms with Gasteiger partial charge in [-0.2, -0.15) is 5.10 Å². The Labute approximate surface area is 165 Å². The third kappa shape index (κ3) is 4.91. The van der Waals surface area contributed by atoms with Gasteiger partial charge in [-0.15, -0.1) is 0 Å². The number of hydrogen-bond donors (Lipinski definition) is 1. The minimum atomic E-state index is -0.901. The topological polar surface area (TPSA) is 82.5 Å². The number of esters is 1. The Bertz CT molecular complexity index is 795. The molecular weight excluding hydrogens is 358 g/mol. The molecule has 0 unspecified atom stereocenters. The number of nitrogens with zero attached hydrogens (tertiary/aromatic N) is 2. The Morgan fingerprint density at radius 1 is 1.14 bits per heavy atom. The van der Waals surface area contributed by atoms with E-state index >= 15 is 0 Å². The van der Waals surface area contributed by atoms with Gasteiger partial charge in [0.2, 0.25) is 5.69 Å². The summed E-state index contributed by atoms with van der Waals surface area (Å²) in [5, 5.41) is 7.28. The minimum Gasteiger partial charge on any atom is -0.493 e. The highest BCUT2D eigenvalue weighted by atomic mass is 16.6. The van der Waals surface area contributed by atoms with Gasteiger partial charge in [0, 0.05) is 6.04 Å². The van der Waals surface area contributed by atoms with Crippen molar-refractivity contribution in [1.82, 2.24) is 15.1 Å². The molecule has 1 saturated carbocycles. The van der Waals surface area contributed by atoms with Crippen LogP contribution in [0.1, 0.15) is 55.9 Å². The average molecular weight is 385 g/mol. The maximum Gasteiger partial charge on any atom is 0.363 e. The summed E-state index contributed by atoms with van der Waals surface area (Å²) in [5.74, 6) is -0.665. The van der Waals surface area contributed by atoms with Crippen LogP contribution in [-0.2, 0) is 9.53 Å². The van der Waals surface area contributed by atoms with Gasteiger partial charge in [0.1, 0.15) is 0 Å². The van der Waals surface area contributed by atoms with Gasteiger partial charge in [-0.1, -0.05) is 43.9 Å². The molecule has 1 aliphatic rings. The highest BCUT2D eigenvalue weighted by Crippen LogP contribution is 2.21. The molecule has 0 aliphatic heterocycles. The second-order valence-corrected chi connectivity index (χ2v) is 7.07. The van der Waals surface area contributed by atoms with Gasteiger partial charge in [0.15, 0.2) is 11.9 Å². The first-order chi connectivity index (χ1) is 13.6. The molecular formula is C21H27N3O4. The molecule has 1 aromatic carbocycles. The Morgan fingerprint density at radius 3 is 2.46 bits per heavy atom. The number of carbonyl (C=O) groups is 2. The van der Waals surface area contributed by atoms with E-state index in [1.54, 1.807) is 17.8 Å². The molecule has 150 valence electrons. The summed E-state index contributed by atoms with van der Waals surface area (Å²) in [6.45, 7) is 1.57. The number of para-hydroxylation sites is 1. The van der Waals surface area contributed by atoms with Crippen molar-refractivity contribution < 1.29 is 19.1 Å². The van der Waals surface area contributed by atoms with Gasteiger partial charge in [0.05, 0.1) is 19.0 Å². The molecule has 1 amide bonds. The third-order valence-electron chi connectivity index (χ3n) is 4.97. The number of methoxy groups -OCH3 is 1. The first-order valence-electron chi connectivity index (χ1n) is 9.79. The molecule has 0 saturated heterocycles. The summed E-state index contributed by atoms with van der Waals surface area (Å²) in [6, 6.07) is 9.54. The molecule has 3 rings (SSSR count). The van der Waals surface area contributed by atoms with Crippen LogP contribution in [-0.4, -0.2) is 40.9 Å². The normalized spacial score (nSPS) is 16.1. The van der Waals surface area contributed by atoms with Gasteiger partial charge in [0.25, 0.3) is 5.91 Å². The highest BCUT2D eigenvalue weighted by Gasteiger charge is 2.26. The van der Waals surface area contributed by atoms with E-state index in [4.69, 9.17) is 9.47 Å². The number of carbonyl (C=O) groups excluding carboxylic acids is 2. The smallest absolute Gasteiger partial charge is 0.363 e. The maximum absolute atomic E-state index is 12.6. The van der Waals surface area contributed by atoms with E-state index in [1.807, 2.05) is 30.3 Å². The molecule has 0 bridgehead atoms. The van der Waals surface area contributed by atoms with Gasteiger partial charge in [-0.05, 0) is 31.9 Å². The maximum atomic E-state index is 12.6. The van der Waals surface area contributed by atoms with Crippen molar-refractivity contribution >= 4 is 11.9 Å². The molecule has 28 heavy (non-hydrogen) atoms. The highest BCUT2D eigenvalue weighted by molar-refractivity contribution is 5.93. The third-order valence-corrected chi connectivity index (χ3v) is 4.97. The van der Waals surface area contributed by atoms with E-state index in [2.05, 4.69) is 10.4 Å². The van der Waals surface area contributed by atoms with Gasteiger partial charge >= 0.3 is 5.97 Å². The fourth-order valence-corrected chi connectivity index (χ4v) is 3.37. The Balaban J connectivity index is 1.64. The Morgan fingerprint density at radius 2 is 1.82 bits per heavy atom. The molecule has 7 heteroatoms. The van der Waals surface area contributed by atoms with Crippen molar-refractivity contribution in [2.75, 3.05) is 7.11 Å². The quantitative estimate of drug-likeness (QED) is 0.610. The van der Waals surface area contributed by atoms with E-state index in [1.165, 1.54) is 20.0 Å². The summed E-state index contributed by atoms with van der Waals surface area (Å²) in [4.78, 5) is 25.0. The number of nitrogens with one attached hydrogen (secondary N) is 1. The lowest BCUT2D eigenvalue weighted by molar-refractivity contribution is -0.129. The van der Waals surface area contributed by atoms with Crippen LogP contribution in [0.2, 0.25) is 0 Å². The second kappa shape index (κ2) is 9.39. The molecule has 0 radical (unpaired) electrons. The largest absolute Gasteiger partial charge is 0.493 e. The van der Waals surface area contributed by atoms with Crippen molar-refractivity contribution in [3.63, 3.8) is 0 Å². The monoisotopic (exact) mass is 385 g/mol. The number of rotatable bonds is 6. The van der Waals surface area contributed by atoms with Crippen LogP contribution in [0.15, 0.2) is 36.5 Å². The molecule has 1 heterocycles. The summed E-state index contributed by atoms with van der Waals surface area (Å²) < 4.78 is 12.2. The van der Waals surface area contributed by atoms with Gasteiger partial charge < -0.3 is 14.8 Å². The molecule has 2 aromatic rings. The van der Waals surface area contributed by atoms with Crippen LogP contribution in [0.4, 0.5) is 0 Å². The van der Waals surface area contributed by atoms with E-state index in [-0.39, 0.29) is 17.6 Å². The second-order valence-electron chi connectivity index (χ2n) is 7.07. The predicted octanol–water partition coefficient (Wildman–Crippen LogP) is 3.27. The fraction of sp³-hybridized carbons (Fsp3) is 0.476.